The molecule has 0 unspecified atom stereocenters. The van der Waals surface area contributed by atoms with E-state index in [9.17, 15) is 0 Å². The van der Waals surface area contributed by atoms with Gasteiger partial charge in [0.15, 0.2) is 0 Å². The van der Waals surface area contributed by atoms with Crippen LogP contribution in [-0.2, 0) is 0 Å². The van der Waals surface area contributed by atoms with E-state index in [1.807, 2.05) is 18.2 Å². The third kappa shape index (κ3) is 5.88. The summed E-state index contributed by atoms with van der Waals surface area (Å²) in [5.74, 6) is 0. The maximum absolute atomic E-state index is 6.14. The van der Waals surface area contributed by atoms with Crippen LogP contribution in [0.15, 0.2) is 227 Å². The molecule has 0 spiro atoms. The quantitative estimate of drug-likeness (QED) is 0.168. The van der Waals surface area contributed by atoms with Gasteiger partial charge < -0.3 is 13.4 Å². The molecule has 13 aromatic rings. The van der Waals surface area contributed by atoms with E-state index in [4.69, 9.17) is 8.83 Å². The molecule has 294 valence electrons. The fourth-order valence-corrected chi connectivity index (χ4v) is 9.57. The minimum Gasteiger partial charge on any atom is -0.456 e. The first-order chi connectivity index (χ1) is 31.2. The fraction of sp³-hybridized carbons (Fsp3) is 0. The maximum atomic E-state index is 6.14. The molecule has 0 bridgehead atoms. The molecule has 0 fully saturated rings. The van der Waals surface area contributed by atoms with Crippen molar-refractivity contribution >= 4 is 65.8 Å². The standard InChI is InChI=1S/C59H36N2O2/c1-2-16-47(17-3-1)61-54-25-21-43(39-12-6-10-37(30-39)38-11-7-14-41(31-38)46-24-28-58-53(36-46)49-19-9-29-60-59(49)63-58)33-50(54)51-34-44(22-26-55(51)61)40-13-8-15-42(32-40)45-23-27-57-52(35-45)48-18-4-5-20-56(48)62-57/h1-36H. The topological polar surface area (TPSA) is 44.1 Å². The molecular formula is C59H36N2O2. The van der Waals surface area contributed by atoms with Crippen LogP contribution < -0.4 is 0 Å². The Hall–Kier alpha value is -8.47. The van der Waals surface area contributed by atoms with Crippen LogP contribution in [0.5, 0.6) is 0 Å². The molecule has 0 amide bonds. The summed E-state index contributed by atoms with van der Waals surface area (Å²) >= 11 is 0. The predicted octanol–water partition coefficient (Wildman–Crippen LogP) is 16.3. The van der Waals surface area contributed by atoms with Crippen molar-refractivity contribution < 1.29 is 8.83 Å². The lowest BCUT2D eigenvalue weighted by Gasteiger charge is -2.10. The first kappa shape index (κ1) is 35.3. The summed E-state index contributed by atoms with van der Waals surface area (Å²) in [5.41, 5.74) is 18.5. The van der Waals surface area contributed by atoms with Crippen LogP contribution in [0.2, 0.25) is 0 Å². The van der Waals surface area contributed by atoms with Crippen LogP contribution in [0.3, 0.4) is 0 Å². The van der Waals surface area contributed by atoms with Gasteiger partial charge >= 0.3 is 0 Å². The molecule has 0 atom stereocenters. The Morgan fingerprint density at radius 1 is 0.286 bits per heavy atom. The molecule has 0 aliphatic rings. The minimum atomic E-state index is 0.665. The number of rotatable bonds is 6. The second-order valence-corrected chi connectivity index (χ2v) is 16.4. The summed E-state index contributed by atoms with van der Waals surface area (Å²) in [7, 11) is 0. The fourth-order valence-electron chi connectivity index (χ4n) is 9.57. The van der Waals surface area contributed by atoms with E-state index in [2.05, 4.69) is 204 Å². The lowest BCUT2D eigenvalue weighted by atomic mass is 9.95. The van der Waals surface area contributed by atoms with Crippen LogP contribution in [-0.4, -0.2) is 9.55 Å². The summed E-state index contributed by atoms with van der Waals surface area (Å²) < 4.78 is 14.5. The largest absolute Gasteiger partial charge is 0.456 e. The third-order valence-electron chi connectivity index (χ3n) is 12.7. The van der Waals surface area contributed by atoms with Gasteiger partial charge in [-0.15, -0.1) is 0 Å². The van der Waals surface area contributed by atoms with Crippen molar-refractivity contribution in [1.82, 2.24) is 9.55 Å². The molecule has 0 radical (unpaired) electrons. The van der Waals surface area contributed by atoms with Crippen molar-refractivity contribution in [2.75, 3.05) is 0 Å². The molecular weight excluding hydrogens is 769 g/mol. The van der Waals surface area contributed by atoms with E-state index in [-0.39, 0.29) is 0 Å². The Kier molecular flexibility index (Phi) is 7.87. The Labute approximate surface area is 362 Å². The van der Waals surface area contributed by atoms with E-state index in [0.29, 0.717) is 5.71 Å². The van der Waals surface area contributed by atoms with E-state index in [1.54, 1.807) is 6.20 Å². The van der Waals surface area contributed by atoms with Gasteiger partial charge in [-0.25, -0.2) is 4.98 Å². The Bertz CT molecular complexity index is 3920. The highest BCUT2D eigenvalue weighted by atomic mass is 16.3. The van der Waals surface area contributed by atoms with E-state index < -0.39 is 0 Å². The molecule has 13 rings (SSSR count). The van der Waals surface area contributed by atoms with Gasteiger partial charge in [0.2, 0.25) is 5.71 Å². The van der Waals surface area contributed by atoms with Crippen LogP contribution in [0.4, 0.5) is 0 Å². The zero-order valence-electron chi connectivity index (χ0n) is 34.0. The smallest absolute Gasteiger partial charge is 0.227 e. The predicted molar refractivity (Wildman–Crippen MR) is 260 cm³/mol. The Morgan fingerprint density at radius 3 is 1.29 bits per heavy atom. The average Bonchev–Trinajstić information content (AvgIpc) is 4.03. The summed E-state index contributed by atoms with van der Waals surface area (Å²) in [4.78, 5) is 4.43. The molecule has 4 heteroatoms. The summed E-state index contributed by atoms with van der Waals surface area (Å²) in [5, 5.41) is 6.80. The summed E-state index contributed by atoms with van der Waals surface area (Å²) in [6.07, 6.45) is 1.77. The zero-order valence-corrected chi connectivity index (χ0v) is 34.0. The number of nitrogens with zero attached hydrogens (tertiary/aromatic N) is 2. The van der Waals surface area contributed by atoms with E-state index >= 15 is 0 Å². The van der Waals surface area contributed by atoms with Gasteiger partial charge in [-0.2, -0.15) is 0 Å². The Morgan fingerprint density at radius 2 is 0.714 bits per heavy atom. The molecule has 4 aromatic heterocycles. The number of furan rings is 2. The maximum Gasteiger partial charge on any atom is 0.227 e. The van der Waals surface area contributed by atoms with Crippen molar-refractivity contribution in [3.05, 3.63) is 219 Å². The minimum absolute atomic E-state index is 0.665. The first-order valence-electron chi connectivity index (χ1n) is 21.3. The van der Waals surface area contributed by atoms with Crippen LogP contribution in [0, 0.1) is 0 Å². The van der Waals surface area contributed by atoms with E-state index in [0.717, 1.165) is 55.1 Å². The normalized spacial score (nSPS) is 11.8. The van der Waals surface area contributed by atoms with Crippen molar-refractivity contribution in [2.45, 2.75) is 0 Å². The zero-order chi connectivity index (χ0) is 41.4. The van der Waals surface area contributed by atoms with Gasteiger partial charge in [0.1, 0.15) is 16.7 Å². The molecule has 0 aliphatic carbocycles. The van der Waals surface area contributed by atoms with Crippen molar-refractivity contribution in [2.24, 2.45) is 0 Å². The lowest BCUT2D eigenvalue weighted by Crippen LogP contribution is -1.93. The number of fused-ring (bicyclic) bond motifs is 9. The van der Waals surface area contributed by atoms with E-state index in [1.165, 1.54) is 66.3 Å². The molecule has 0 saturated heterocycles. The number of pyridine rings is 1. The highest BCUT2D eigenvalue weighted by molar-refractivity contribution is 6.12. The van der Waals surface area contributed by atoms with Gasteiger partial charge in [-0.05, 0) is 153 Å². The van der Waals surface area contributed by atoms with Gasteiger partial charge in [0.05, 0.1) is 11.0 Å². The van der Waals surface area contributed by atoms with Crippen LogP contribution in [0.25, 0.3) is 127 Å². The van der Waals surface area contributed by atoms with Gasteiger partial charge in [-0.3, -0.25) is 0 Å². The van der Waals surface area contributed by atoms with Crippen LogP contribution >= 0.6 is 0 Å². The van der Waals surface area contributed by atoms with Crippen LogP contribution in [0.1, 0.15) is 0 Å². The average molecular weight is 805 g/mol. The second kappa shape index (κ2) is 14.1. The number of benzene rings is 9. The highest BCUT2D eigenvalue weighted by Crippen LogP contribution is 2.40. The lowest BCUT2D eigenvalue weighted by molar-refractivity contribution is 0.654. The first-order valence-corrected chi connectivity index (χ1v) is 21.3. The number of aromatic nitrogens is 2. The van der Waals surface area contributed by atoms with Crippen molar-refractivity contribution in [3.8, 4) is 61.3 Å². The summed E-state index contributed by atoms with van der Waals surface area (Å²) in [6, 6.07) is 76.3. The molecule has 0 aliphatic heterocycles. The number of hydrogen-bond donors (Lipinski definition) is 0. The van der Waals surface area contributed by atoms with Crippen molar-refractivity contribution in [1.29, 1.82) is 0 Å². The highest BCUT2D eigenvalue weighted by Gasteiger charge is 2.16. The molecule has 4 heterocycles. The monoisotopic (exact) mass is 804 g/mol. The number of hydrogen-bond acceptors (Lipinski definition) is 3. The third-order valence-corrected chi connectivity index (χ3v) is 12.7. The second-order valence-electron chi connectivity index (χ2n) is 16.4. The molecule has 63 heavy (non-hydrogen) atoms. The van der Waals surface area contributed by atoms with Gasteiger partial charge in [0.25, 0.3) is 0 Å². The molecule has 0 N–H and O–H groups in total. The van der Waals surface area contributed by atoms with Crippen molar-refractivity contribution in [3.63, 3.8) is 0 Å². The molecule has 0 saturated carbocycles. The SMILES string of the molecule is c1ccc(-n2c3ccc(-c4cccc(-c5cccc(-c6ccc7oc8ncccc8c7c6)c5)c4)cc3c3cc(-c4cccc(-c5ccc6oc7ccccc7c6c5)c4)ccc32)cc1. The molecule has 9 aromatic carbocycles. The van der Waals surface area contributed by atoms with Gasteiger partial charge in [0, 0.05) is 44.2 Å². The Balaban J connectivity index is 0.896. The summed E-state index contributed by atoms with van der Waals surface area (Å²) in [6.45, 7) is 0. The molecule has 4 nitrogen and oxygen atoms in total. The number of para-hydroxylation sites is 2. The van der Waals surface area contributed by atoms with Gasteiger partial charge in [-0.1, -0.05) is 115 Å².